The Morgan fingerprint density at radius 3 is 2.27 bits per heavy atom. The van der Waals surface area contributed by atoms with Gasteiger partial charge in [-0.2, -0.15) is 0 Å². The molecule has 0 N–H and O–H groups in total. The molecule has 0 spiro atoms. The largest absolute Gasteiger partial charge is 0.339 e. The van der Waals surface area contributed by atoms with E-state index in [0.717, 1.165) is 62.8 Å². The number of amides is 1. The minimum atomic E-state index is 0.363. The second-order valence-corrected chi connectivity index (χ2v) is 9.48. The number of carbonyl (C=O) groups is 1. The van der Waals surface area contributed by atoms with Crippen LogP contribution in [0.2, 0.25) is 0 Å². The van der Waals surface area contributed by atoms with Crippen molar-refractivity contribution in [1.29, 1.82) is 0 Å². The smallest absolute Gasteiger partial charge is 0.223 e. The highest BCUT2D eigenvalue weighted by molar-refractivity contribution is 5.77. The molecule has 0 unspecified atom stereocenters. The van der Waals surface area contributed by atoms with E-state index in [1.54, 1.807) is 0 Å². The first kappa shape index (κ1) is 16.6. The number of imidazole rings is 1. The highest BCUT2D eigenvalue weighted by Crippen LogP contribution is 2.61. The van der Waals surface area contributed by atoms with Crippen molar-refractivity contribution in [1.82, 2.24) is 14.5 Å². The standard InChI is InChI=1S/C21H32N4O/c1-2-23-4-3-22-20(23)25-7-5-24(6-8-25)19(26)15-21-12-16-9-17(13-21)11-18(10-16)14-21/h3-4,16-18H,2,5-15H2,1H3. The maximum atomic E-state index is 13.1. The van der Waals surface area contributed by atoms with Crippen LogP contribution in [0.5, 0.6) is 0 Å². The van der Waals surface area contributed by atoms with Crippen molar-refractivity contribution in [3.63, 3.8) is 0 Å². The average molecular weight is 357 g/mol. The molecule has 5 fully saturated rings. The van der Waals surface area contributed by atoms with E-state index in [1.807, 2.05) is 12.4 Å². The number of hydrogen-bond donors (Lipinski definition) is 0. The van der Waals surface area contributed by atoms with Crippen LogP contribution in [0.25, 0.3) is 0 Å². The number of aromatic nitrogens is 2. The quantitative estimate of drug-likeness (QED) is 0.832. The number of carbonyl (C=O) groups excluding carboxylic acids is 1. The molecule has 142 valence electrons. The first-order chi connectivity index (χ1) is 12.6. The molecule has 5 aliphatic rings. The van der Waals surface area contributed by atoms with Gasteiger partial charge in [-0.05, 0) is 68.6 Å². The molecule has 5 nitrogen and oxygen atoms in total. The van der Waals surface area contributed by atoms with E-state index in [0.29, 0.717) is 11.3 Å². The summed E-state index contributed by atoms with van der Waals surface area (Å²) in [6, 6.07) is 0. The third-order valence-electron chi connectivity index (χ3n) is 7.64. The predicted molar refractivity (Wildman–Crippen MR) is 102 cm³/mol. The number of nitrogens with zero attached hydrogens (tertiary/aromatic N) is 4. The van der Waals surface area contributed by atoms with E-state index < -0.39 is 0 Å². The van der Waals surface area contributed by atoms with E-state index in [-0.39, 0.29) is 0 Å². The van der Waals surface area contributed by atoms with Crippen LogP contribution in [-0.2, 0) is 11.3 Å². The first-order valence-corrected chi connectivity index (χ1v) is 10.7. The van der Waals surface area contributed by atoms with Gasteiger partial charge in [0.1, 0.15) is 0 Å². The summed E-state index contributed by atoms with van der Waals surface area (Å²) in [5.41, 5.74) is 0.363. The monoisotopic (exact) mass is 356 g/mol. The topological polar surface area (TPSA) is 41.4 Å². The lowest BCUT2D eigenvalue weighted by Crippen LogP contribution is -2.52. The van der Waals surface area contributed by atoms with Crippen molar-refractivity contribution >= 4 is 11.9 Å². The number of anilines is 1. The Bertz CT molecular complexity index is 638. The Hall–Kier alpha value is -1.52. The molecule has 0 radical (unpaired) electrons. The molecule has 1 aromatic heterocycles. The lowest BCUT2D eigenvalue weighted by molar-refractivity contribution is -0.139. The molecular formula is C21H32N4O. The zero-order valence-corrected chi connectivity index (χ0v) is 16.1. The Labute approximate surface area is 156 Å². The van der Waals surface area contributed by atoms with Crippen LogP contribution in [0.4, 0.5) is 5.95 Å². The van der Waals surface area contributed by atoms with Crippen molar-refractivity contribution in [2.75, 3.05) is 31.1 Å². The van der Waals surface area contributed by atoms with Crippen LogP contribution in [0.15, 0.2) is 12.4 Å². The summed E-state index contributed by atoms with van der Waals surface area (Å²) in [4.78, 5) is 22.1. The molecule has 1 aromatic rings. The highest BCUT2D eigenvalue weighted by atomic mass is 16.2. The van der Waals surface area contributed by atoms with E-state index in [4.69, 9.17) is 0 Å². The lowest BCUT2D eigenvalue weighted by atomic mass is 9.49. The summed E-state index contributed by atoms with van der Waals surface area (Å²) in [5, 5.41) is 0. The van der Waals surface area contributed by atoms with Gasteiger partial charge in [0.25, 0.3) is 0 Å². The molecular weight excluding hydrogens is 324 g/mol. The maximum Gasteiger partial charge on any atom is 0.223 e. The third-order valence-corrected chi connectivity index (χ3v) is 7.64. The van der Waals surface area contributed by atoms with Crippen LogP contribution in [0, 0.1) is 23.2 Å². The van der Waals surface area contributed by atoms with Gasteiger partial charge in [-0.25, -0.2) is 4.98 Å². The van der Waals surface area contributed by atoms with Crippen molar-refractivity contribution < 1.29 is 4.79 Å². The first-order valence-electron chi connectivity index (χ1n) is 10.7. The van der Waals surface area contributed by atoms with Crippen molar-refractivity contribution in [3.05, 3.63) is 12.4 Å². The molecule has 1 aliphatic heterocycles. The van der Waals surface area contributed by atoms with Crippen LogP contribution in [0.1, 0.15) is 51.9 Å². The van der Waals surface area contributed by atoms with Gasteiger partial charge in [0.2, 0.25) is 11.9 Å². The Morgan fingerprint density at radius 2 is 1.69 bits per heavy atom. The second-order valence-electron chi connectivity index (χ2n) is 9.48. The summed E-state index contributed by atoms with van der Waals surface area (Å²) in [6.07, 6.45) is 13.1. The van der Waals surface area contributed by atoms with Gasteiger partial charge in [-0.1, -0.05) is 0 Å². The molecule has 4 bridgehead atoms. The highest BCUT2D eigenvalue weighted by Gasteiger charge is 2.51. The van der Waals surface area contributed by atoms with E-state index in [1.165, 1.54) is 38.5 Å². The Morgan fingerprint density at radius 1 is 1.08 bits per heavy atom. The van der Waals surface area contributed by atoms with Gasteiger partial charge in [0.05, 0.1) is 0 Å². The minimum Gasteiger partial charge on any atom is -0.339 e. The average Bonchev–Trinajstić information content (AvgIpc) is 3.09. The fraction of sp³-hybridized carbons (Fsp3) is 0.810. The number of piperazine rings is 1. The van der Waals surface area contributed by atoms with Gasteiger partial charge in [-0.3, -0.25) is 4.79 Å². The van der Waals surface area contributed by atoms with Gasteiger partial charge in [0.15, 0.2) is 0 Å². The fourth-order valence-corrected chi connectivity index (χ4v) is 6.93. The van der Waals surface area contributed by atoms with Crippen LogP contribution < -0.4 is 4.90 Å². The zero-order chi connectivity index (χ0) is 17.7. The molecule has 0 atom stereocenters. The molecule has 5 heteroatoms. The summed E-state index contributed by atoms with van der Waals surface area (Å²) < 4.78 is 2.19. The molecule has 4 saturated carbocycles. The van der Waals surface area contributed by atoms with Crippen LogP contribution in [0.3, 0.4) is 0 Å². The number of hydrogen-bond acceptors (Lipinski definition) is 3. The fourth-order valence-electron chi connectivity index (χ4n) is 6.93. The molecule has 6 rings (SSSR count). The maximum absolute atomic E-state index is 13.1. The molecule has 1 amide bonds. The number of rotatable bonds is 4. The third kappa shape index (κ3) is 2.84. The molecule has 1 saturated heterocycles. The Kier molecular flexibility index (Phi) is 4.02. The predicted octanol–water partition coefficient (Wildman–Crippen LogP) is 3.16. The summed E-state index contributed by atoms with van der Waals surface area (Å²) in [5.74, 6) is 4.27. The van der Waals surface area contributed by atoms with Crippen molar-refractivity contribution in [2.45, 2.75) is 58.4 Å². The lowest BCUT2D eigenvalue weighted by Gasteiger charge is -2.57. The second kappa shape index (κ2) is 6.28. The van der Waals surface area contributed by atoms with E-state index in [2.05, 4.69) is 26.3 Å². The minimum absolute atomic E-state index is 0.363. The van der Waals surface area contributed by atoms with E-state index >= 15 is 0 Å². The molecule has 0 aromatic carbocycles. The van der Waals surface area contributed by atoms with Crippen molar-refractivity contribution in [3.8, 4) is 0 Å². The van der Waals surface area contributed by atoms with E-state index in [9.17, 15) is 4.79 Å². The molecule has 26 heavy (non-hydrogen) atoms. The van der Waals surface area contributed by atoms with Gasteiger partial charge in [-0.15, -0.1) is 0 Å². The van der Waals surface area contributed by atoms with Crippen molar-refractivity contribution in [2.24, 2.45) is 23.2 Å². The van der Waals surface area contributed by atoms with Gasteiger partial charge >= 0.3 is 0 Å². The molecule has 4 aliphatic carbocycles. The number of aryl methyl sites for hydroxylation is 1. The molecule has 2 heterocycles. The summed E-state index contributed by atoms with van der Waals surface area (Å²) in [6.45, 7) is 6.60. The van der Waals surface area contributed by atoms with Crippen LogP contribution >= 0.6 is 0 Å². The van der Waals surface area contributed by atoms with Gasteiger partial charge < -0.3 is 14.4 Å². The van der Waals surface area contributed by atoms with Crippen LogP contribution in [-0.4, -0.2) is 46.5 Å². The normalized spacial score (nSPS) is 36.0. The Balaban J connectivity index is 1.20. The summed E-state index contributed by atoms with van der Waals surface area (Å²) in [7, 11) is 0. The summed E-state index contributed by atoms with van der Waals surface area (Å²) >= 11 is 0. The SMILES string of the molecule is CCn1ccnc1N1CCN(C(=O)CC23CC4CC(CC(C4)C2)C3)CC1. The van der Waals surface area contributed by atoms with Gasteiger partial charge in [0, 0.05) is 51.5 Å². The zero-order valence-electron chi connectivity index (χ0n) is 16.1.